The zero-order valence-electron chi connectivity index (χ0n) is 15.3. The lowest BCUT2D eigenvalue weighted by Gasteiger charge is -2.23. The van der Waals surface area contributed by atoms with E-state index in [-0.39, 0.29) is 18.0 Å². The van der Waals surface area contributed by atoms with E-state index < -0.39 is 6.23 Å². The smallest absolute Gasteiger partial charge is 0.257 e. The highest BCUT2D eigenvalue weighted by Gasteiger charge is 2.32. The van der Waals surface area contributed by atoms with Crippen LogP contribution in [0.15, 0.2) is 16.9 Å². The van der Waals surface area contributed by atoms with E-state index in [4.69, 9.17) is 9.82 Å². The van der Waals surface area contributed by atoms with Crippen LogP contribution in [0.1, 0.15) is 46.0 Å². The number of benzene rings is 1. The van der Waals surface area contributed by atoms with Crippen LogP contribution in [-0.4, -0.2) is 14.7 Å². The fraction of sp³-hybridized carbons (Fsp3) is 0.333. The number of hydrogen-bond acceptors (Lipinski definition) is 5. The van der Waals surface area contributed by atoms with Gasteiger partial charge in [0.15, 0.2) is 6.23 Å². The summed E-state index contributed by atoms with van der Waals surface area (Å²) in [6.07, 6.45) is 1.65. The highest BCUT2D eigenvalue weighted by atomic mass is 19.1. The van der Waals surface area contributed by atoms with Gasteiger partial charge >= 0.3 is 0 Å². The number of nitrogens with one attached hydrogen (secondary N) is 1. The highest BCUT2D eigenvalue weighted by Crippen LogP contribution is 2.41. The van der Waals surface area contributed by atoms with E-state index in [0.717, 1.165) is 41.5 Å². The second-order valence-electron chi connectivity index (χ2n) is 7.79. The maximum absolute atomic E-state index is 14.5. The van der Waals surface area contributed by atoms with E-state index in [1.165, 1.54) is 11.6 Å². The van der Waals surface area contributed by atoms with Gasteiger partial charge in [0.2, 0.25) is 0 Å². The zero-order valence-corrected chi connectivity index (χ0v) is 15.3. The van der Waals surface area contributed by atoms with E-state index in [2.05, 4.69) is 5.48 Å². The standard InChI is InChI=1S/C21H18FN3O3/c1-9-10-3-2-4-11-13-7-25-17(19(13)23-16(18(10)11)6-15(9)22)5-12-14(21(25)27)8-28-24-20(12)26/h5-6,20,24,26H,2-4,7-8H2,1H3/t20-/m0/s1. The van der Waals surface area contributed by atoms with Gasteiger partial charge in [0.05, 0.1) is 35.6 Å². The van der Waals surface area contributed by atoms with Gasteiger partial charge in [-0.25, -0.2) is 9.37 Å². The van der Waals surface area contributed by atoms with Gasteiger partial charge in [-0.15, -0.1) is 0 Å². The van der Waals surface area contributed by atoms with Gasteiger partial charge in [-0.05, 0) is 48.9 Å². The molecule has 6 rings (SSSR count). The molecule has 0 amide bonds. The molecule has 28 heavy (non-hydrogen) atoms. The quantitative estimate of drug-likeness (QED) is 0.491. The molecule has 1 aromatic carbocycles. The lowest BCUT2D eigenvalue weighted by atomic mass is 9.85. The van der Waals surface area contributed by atoms with E-state index in [9.17, 15) is 14.3 Å². The summed E-state index contributed by atoms with van der Waals surface area (Å²) in [6, 6.07) is 3.31. The molecule has 3 aliphatic rings. The summed E-state index contributed by atoms with van der Waals surface area (Å²) in [7, 11) is 0. The Morgan fingerprint density at radius 1 is 1.25 bits per heavy atom. The summed E-state index contributed by atoms with van der Waals surface area (Å²) < 4.78 is 16.2. The number of aryl methyl sites for hydroxylation is 2. The number of fused-ring (bicyclic) bond motifs is 5. The van der Waals surface area contributed by atoms with Crippen molar-refractivity contribution in [3.63, 3.8) is 0 Å². The van der Waals surface area contributed by atoms with Gasteiger partial charge in [0.1, 0.15) is 5.82 Å². The van der Waals surface area contributed by atoms with E-state index >= 15 is 0 Å². The first-order chi connectivity index (χ1) is 13.5. The molecule has 3 aromatic rings. The molecule has 0 radical (unpaired) electrons. The average molecular weight is 379 g/mol. The molecule has 2 aromatic heterocycles. The lowest BCUT2D eigenvalue weighted by molar-refractivity contribution is -0.0836. The van der Waals surface area contributed by atoms with Gasteiger partial charge in [0, 0.05) is 22.6 Å². The molecule has 2 N–H and O–H groups in total. The largest absolute Gasteiger partial charge is 0.372 e. The van der Waals surface area contributed by atoms with Crippen molar-refractivity contribution in [2.75, 3.05) is 0 Å². The van der Waals surface area contributed by atoms with Crippen LogP contribution < -0.4 is 11.0 Å². The summed E-state index contributed by atoms with van der Waals surface area (Å²) in [5.41, 5.74) is 9.32. The van der Waals surface area contributed by atoms with Crippen LogP contribution in [-0.2, 0) is 30.8 Å². The summed E-state index contributed by atoms with van der Waals surface area (Å²) in [5, 5.41) is 11.3. The van der Waals surface area contributed by atoms with Crippen molar-refractivity contribution < 1.29 is 14.3 Å². The third-order valence-corrected chi connectivity index (χ3v) is 6.37. The van der Waals surface area contributed by atoms with Crippen LogP contribution in [0.2, 0.25) is 0 Å². The second kappa shape index (κ2) is 5.47. The van der Waals surface area contributed by atoms with E-state index in [1.807, 2.05) is 13.0 Å². The predicted molar refractivity (Wildman–Crippen MR) is 100 cm³/mol. The Balaban J connectivity index is 1.69. The van der Waals surface area contributed by atoms with Gasteiger partial charge < -0.3 is 9.67 Å². The zero-order chi connectivity index (χ0) is 19.2. The molecule has 6 nitrogen and oxygen atoms in total. The van der Waals surface area contributed by atoms with Gasteiger partial charge in [-0.2, -0.15) is 5.48 Å². The number of nitrogens with zero attached hydrogens (tertiary/aromatic N) is 2. The number of hydrogen-bond donors (Lipinski definition) is 2. The third-order valence-electron chi connectivity index (χ3n) is 6.37. The summed E-state index contributed by atoms with van der Waals surface area (Å²) in [5.74, 6) is -0.236. The molecule has 4 heterocycles. The van der Waals surface area contributed by atoms with E-state index in [0.29, 0.717) is 34.4 Å². The fourth-order valence-corrected chi connectivity index (χ4v) is 4.97. The number of hydroxylamine groups is 1. The molecule has 0 saturated heterocycles. The van der Waals surface area contributed by atoms with Crippen molar-refractivity contribution in [3.8, 4) is 11.4 Å². The summed E-state index contributed by atoms with van der Waals surface area (Å²) >= 11 is 0. The molecular formula is C21H18FN3O3. The van der Waals surface area contributed by atoms with Crippen LogP contribution in [0.3, 0.4) is 0 Å². The maximum atomic E-state index is 14.5. The SMILES string of the molecule is Cc1c(F)cc2nc3c(c4c2c1CCC4)Cn1c-3cc2c(c1=O)CON[C@H]2O. The first kappa shape index (κ1) is 16.4. The Morgan fingerprint density at radius 2 is 2.07 bits per heavy atom. The van der Waals surface area contributed by atoms with Gasteiger partial charge in [-0.3, -0.25) is 9.63 Å². The minimum Gasteiger partial charge on any atom is -0.372 e. The van der Waals surface area contributed by atoms with Crippen LogP contribution >= 0.6 is 0 Å². The van der Waals surface area contributed by atoms with Crippen LogP contribution in [0.5, 0.6) is 0 Å². The molecule has 0 fully saturated rings. The molecule has 0 unspecified atom stereocenters. The van der Waals surface area contributed by atoms with E-state index in [1.54, 1.807) is 4.57 Å². The van der Waals surface area contributed by atoms with Gasteiger partial charge in [0.25, 0.3) is 5.56 Å². The van der Waals surface area contributed by atoms with Crippen molar-refractivity contribution in [1.29, 1.82) is 0 Å². The summed E-state index contributed by atoms with van der Waals surface area (Å²) in [4.78, 5) is 23.0. The molecular weight excluding hydrogens is 361 g/mol. The molecule has 0 bridgehead atoms. The van der Waals surface area contributed by atoms with Crippen molar-refractivity contribution in [3.05, 3.63) is 61.7 Å². The number of aliphatic hydroxyl groups excluding tert-OH is 1. The first-order valence-corrected chi connectivity index (χ1v) is 9.50. The molecule has 0 spiro atoms. The Labute approximate surface area is 159 Å². The number of pyridine rings is 2. The minimum atomic E-state index is -1.06. The average Bonchev–Trinajstić information content (AvgIpc) is 3.06. The summed E-state index contributed by atoms with van der Waals surface area (Å²) in [6.45, 7) is 2.39. The Kier molecular flexibility index (Phi) is 3.19. The number of halogens is 1. The molecule has 1 aliphatic carbocycles. The number of rotatable bonds is 0. The number of aliphatic hydroxyl groups is 1. The Bertz CT molecular complexity index is 1260. The van der Waals surface area contributed by atoms with Crippen LogP contribution in [0, 0.1) is 12.7 Å². The second-order valence-corrected chi connectivity index (χ2v) is 7.79. The topological polar surface area (TPSA) is 76.4 Å². The molecule has 2 aliphatic heterocycles. The predicted octanol–water partition coefficient (Wildman–Crippen LogP) is 2.39. The van der Waals surface area contributed by atoms with Crippen molar-refractivity contribution >= 4 is 10.9 Å². The molecule has 142 valence electrons. The third kappa shape index (κ3) is 1.96. The maximum Gasteiger partial charge on any atom is 0.257 e. The molecule has 0 saturated carbocycles. The minimum absolute atomic E-state index is 0.110. The van der Waals surface area contributed by atoms with Crippen molar-refractivity contribution in [1.82, 2.24) is 15.0 Å². The Morgan fingerprint density at radius 3 is 2.93 bits per heavy atom. The number of aromatic nitrogens is 2. The highest BCUT2D eigenvalue weighted by molar-refractivity contribution is 5.92. The van der Waals surface area contributed by atoms with Crippen LogP contribution in [0.4, 0.5) is 4.39 Å². The molecule has 7 heteroatoms. The van der Waals surface area contributed by atoms with Gasteiger partial charge in [-0.1, -0.05) is 0 Å². The fourth-order valence-electron chi connectivity index (χ4n) is 4.97. The monoisotopic (exact) mass is 379 g/mol. The normalized spacial score (nSPS) is 19.5. The Hall–Kier alpha value is -2.61. The lowest BCUT2D eigenvalue weighted by Crippen LogP contribution is -2.35. The van der Waals surface area contributed by atoms with Crippen molar-refractivity contribution in [2.24, 2.45) is 0 Å². The van der Waals surface area contributed by atoms with Crippen LogP contribution in [0.25, 0.3) is 22.3 Å². The van der Waals surface area contributed by atoms with Crippen molar-refractivity contribution in [2.45, 2.75) is 45.6 Å². The first-order valence-electron chi connectivity index (χ1n) is 9.50. The molecule has 1 atom stereocenters.